The number of carbonyl (C=O) groups is 1. The highest BCUT2D eigenvalue weighted by Crippen LogP contribution is 2.42. The van der Waals surface area contributed by atoms with Gasteiger partial charge in [0, 0.05) is 18.1 Å². The molecule has 0 heterocycles. The number of carboxylic acid groups (broad SMARTS) is 1. The Labute approximate surface area is 156 Å². The average Bonchev–Trinajstić information content (AvgIpc) is 2.90. The third kappa shape index (κ3) is 4.35. The lowest BCUT2D eigenvalue weighted by molar-refractivity contribution is -0.132. The van der Waals surface area contributed by atoms with Crippen molar-refractivity contribution in [3.05, 3.63) is 40.7 Å². The van der Waals surface area contributed by atoms with Crippen molar-refractivity contribution in [2.75, 3.05) is 7.11 Å². The zero-order chi connectivity index (χ0) is 19.7. The van der Waals surface area contributed by atoms with Crippen molar-refractivity contribution in [2.24, 2.45) is 0 Å². The molecular formula is C20H29FO4Si. The maximum atomic E-state index is 13.5. The van der Waals surface area contributed by atoms with Gasteiger partial charge in [0.25, 0.3) is 0 Å². The molecule has 4 nitrogen and oxygen atoms in total. The van der Waals surface area contributed by atoms with E-state index in [1.54, 1.807) is 6.07 Å². The van der Waals surface area contributed by atoms with Gasteiger partial charge in [-0.05, 0) is 48.2 Å². The van der Waals surface area contributed by atoms with Gasteiger partial charge in [0.15, 0.2) is 8.32 Å². The summed E-state index contributed by atoms with van der Waals surface area (Å²) in [5.41, 5.74) is 1.97. The first-order chi connectivity index (χ1) is 12.0. The molecule has 0 radical (unpaired) electrons. The first-order valence-electron chi connectivity index (χ1n) is 8.91. The van der Waals surface area contributed by atoms with E-state index in [2.05, 4.69) is 33.9 Å². The summed E-state index contributed by atoms with van der Waals surface area (Å²) in [5, 5.41) is 9.65. The molecule has 1 aromatic carbocycles. The van der Waals surface area contributed by atoms with Gasteiger partial charge in [-0.3, -0.25) is 0 Å². The molecule has 2 rings (SSSR count). The summed E-state index contributed by atoms with van der Waals surface area (Å²) in [4.78, 5) is 11.7. The topological polar surface area (TPSA) is 55.8 Å². The van der Waals surface area contributed by atoms with Crippen molar-refractivity contribution in [3.8, 4) is 5.75 Å². The van der Waals surface area contributed by atoms with Crippen molar-refractivity contribution < 1.29 is 23.5 Å². The number of methoxy groups -OCH3 is 1. The highest BCUT2D eigenvalue weighted by molar-refractivity contribution is 6.74. The second-order valence-corrected chi connectivity index (χ2v) is 13.1. The van der Waals surface area contributed by atoms with E-state index in [1.807, 2.05) is 0 Å². The van der Waals surface area contributed by atoms with Gasteiger partial charge in [-0.15, -0.1) is 0 Å². The standard InChI is InChI=1S/C20H29FO4Si/c1-20(2,3)26(5,6)25-17-10-9-15(19(22)23)16(17)11-13-7-8-14(21)12-18(13)24-4/h7-8,12,17H,9-11H2,1-6H3,(H,22,23). The summed E-state index contributed by atoms with van der Waals surface area (Å²) < 4.78 is 25.3. The van der Waals surface area contributed by atoms with Crippen molar-refractivity contribution >= 4 is 14.3 Å². The second-order valence-electron chi connectivity index (χ2n) is 8.35. The van der Waals surface area contributed by atoms with E-state index in [1.165, 1.54) is 19.2 Å². The molecule has 0 aromatic heterocycles. The van der Waals surface area contributed by atoms with Gasteiger partial charge in [0.05, 0.1) is 13.2 Å². The lowest BCUT2D eigenvalue weighted by Crippen LogP contribution is -2.44. The predicted molar refractivity (Wildman–Crippen MR) is 103 cm³/mol. The fraction of sp³-hybridized carbons (Fsp3) is 0.550. The van der Waals surface area contributed by atoms with E-state index < -0.39 is 14.3 Å². The molecule has 0 spiro atoms. The third-order valence-corrected chi connectivity index (χ3v) is 10.1. The Morgan fingerprint density at radius 2 is 2.00 bits per heavy atom. The number of hydrogen-bond acceptors (Lipinski definition) is 3. The summed E-state index contributed by atoms with van der Waals surface area (Å²) in [6, 6.07) is 4.36. The summed E-state index contributed by atoms with van der Waals surface area (Å²) in [6.45, 7) is 10.8. The lowest BCUT2D eigenvalue weighted by Gasteiger charge is -2.39. The van der Waals surface area contributed by atoms with Crippen molar-refractivity contribution in [3.63, 3.8) is 0 Å². The number of rotatable bonds is 6. The Bertz CT molecular complexity index is 719. The van der Waals surface area contributed by atoms with Crippen LogP contribution in [0.5, 0.6) is 5.75 Å². The summed E-state index contributed by atoms with van der Waals surface area (Å²) in [7, 11) is -0.553. The third-order valence-electron chi connectivity index (χ3n) is 5.56. The van der Waals surface area contributed by atoms with E-state index in [9.17, 15) is 14.3 Å². The molecule has 1 atom stereocenters. The largest absolute Gasteiger partial charge is 0.496 e. The molecule has 26 heavy (non-hydrogen) atoms. The molecule has 0 fully saturated rings. The lowest BCUT2D eigenvalue weighted by atomic mass is 9.99. The van der Waals surface area contributed by atoms with Gasteiger partial charge in [0.2, 0.25) is 0 Å². The van der Waals surface area contributed by atoms with Gasteiger partial charge in [0.1, 0.15) is 11.6 Å². The van der Waals surface area contributed by atoms with Gasteiger partial charge >= 0.3 is 5.97 Å². The average molecular weight is 381 g/mol. The van der Waals surface area contributed by atoms with Crippen LogP contribution in [0.25, 0.3) is 0 Å². The van der Waals surface area contributed by atoms with E-state index >= 15 is 0 Å². The number of ether oxygens (including phenoxy) is 1. The normalized spacial score (nSPS) is 18.3. The molecule has 1 unspecified atom stereocenters. The number of benzene rings is 1. The van der Waals surface area contributed by atoms with Crippen molar-refractivity contribution in [1.82, 2.24) is 0 Å². The Hall–Kier alpha value is -1.66. The number of halogens is 1. The van der Waals surface area contributed by atoms with E-state index in [-0.39, 0.29) is 17.0 Å². The molecule has 0 bridgehead atoms. The van der Waals surface area contributed by atoms with Crippen LogP contribution in [0.15, 0.2) is 29.3 Å². The predicted octanol–water partition coefficient (Wildman–Crippen LogP) is 4.94. The van der Waals surface area contributed by atoms with Crippen LogP contribution in [0, 0.1) is 5.82 Å². The summed E-state index contributed by atoms with van der Waals surface area (Å²) in [6.07, 6.45) is 1.35. The van der Waals surface area contributed by atoms with Gasteiger partial charge in [-0.25, -0.2) is 9.18 Å². The van der Waals surface area contributed by atoms with Gasteiger partial charge in [-0.2, -0.15) is 0 Å². The molecule has 0 amide bonds. The van der Waals surface area contributed by atoms with Crippen LogP contribution in [0.1, 0.15) is 39.2 Å². The molecule has 1 aliphatic carbocycles. The zero-order valence-corrected chi connectivity index (χ0v) is 17.5. The Balaban J connectivity index is 2.37. The van der Waals surface area contributed by atoms with Gasteiger partial charge in [-0.1, -0.05) is 26.8 Å². The quantitative estimate of drug-likeness (QED) is 0.710. The molecule has 6 heteroatoms. The van der Waals surface area contributed by atoms with E-state index in [4.69, 9.17) is 9.16 Å². The molecule has 0 saturated heterocycles. The van der Waals surface area contributed by atoms with Crippen LogP contribution < -0.4 is 4.74 Å². The van der Waals surface area contributed by atoms with Crippen LogP contribution in [0.3, 0.4) is 0 Å². The molecular weight excluding hydrogens is 351 g/mol. The Kier molecular flexibility index (Phi) is 5.98. The van der Waals surface area contributed by atoms with Crippen LogP contribution in [-0.4, -0.2) is 32.6 Å². The number of aliphatic carboxylic acids is 1. The SMILES string of the molecule is COc1cc(F)ccc1CC1=C(C(=O)O)CCC1O[Si](C)(C)C(C)(C)C. The Morgan fingerprint density at radius 3 is 2.54 bits per heavy atom. The Morgan fingerprint density at radius 1 is 1.35 bits per heavy atom. The fourth-order valence-electron chi connectivity index (χ4n) is 3.00. The van der Waals surface area contributed by atoms with Crippen molar-refractivity contribution in [1.29, 1.82) is 0 Å². The summed E-state index contributed by atoms with van der Waals surface area (Å²) in [5.74, 6) is -0.846. The second kappa shape index (κ2) is 7.52. The molecule has 144 valence electrons. The molecule has 1 aromatic rings. The number of carboxylic acids is 1. The maximum absolute atomic E-state index is 13.5. The first kappa shape index (κ1) is 20.6. The maximum Gasteiger partial charge on any atom is 0.331 e. The molecule has 1 N–H and O–H groups in total. The van der Waals surface area contributed by atoms with Crippen LogP contribution in [-0.2, 0) is 15.6 Å². The zero-order valence-electron chi connectivity index (χ0n) is 16.5. The minimum atomic E-state index is -2.04. The highest BCUT2D eigenvalue weighted by Gasteiger charge is 2.42. The number of hydrogen-bond donors (Lipinski definition) is 1. The smallest absolute Gasteiger partial charge is 0.331 e. The minimum absolute atomic E-state index is 0.0393. The molecule has 0 saturated carbocycles. The molecule has 0 aliphatic heterocycles. The van der Waals surface area contributed by atoms with Crippen molar-refractivity contribution in [2.45, 2.75) is 64.3 Å². The van der Waals surface area contributed by atoms with Crippen LogP contribution in [0.2, 0.25) is 18.1 Å². The minimum Gasteiger partial charge on any atom is -0.496 e. The monoisotopic (exact) mass is 380 g/mol. The van der Waals surface area contributed by atoms with E-state index in [0.717, 1.165) is 11.1 Å². The van der Waals surface area contributed by atoms with Gasteiger partial charge < -0.3 is 14.3 Å². The first-order valence-corrected chi connectivity index (χ1v) is 11.8. The summed E-state index contributed by atoms with van der Waals surface area (Å²) >= 11 is 0. The van der Waals surface area contributed by atoms with Crippen LogP contribution in [0.4, 0.5) is 4.39 Å². The fourth-order valence-corrected chi connectivity index (χ4v) is 4.33. The van der Waals surface area contributed by atoms with E-state index in [0.29, 0.717) is 30.6 Å². The molecule has 1 aliphatic rings. The highest BCUT2D eigenvalue weighted by atomic mass is 28.4. The van der Waals surface area contributed by atoms with Crippen LogP contribution >= 0.6 is 0 Å².